The molecule has 2 N–H and O–H groups in total. The summed E-state index contributed by atoms with van der Waals surface area (Å²) < 4.78 is 0. The van der Waals surface area contributed by atoms with Crippen molar-refractivity contribution in [1.82, 2.24) is 15.5 Å². The monoisotopic (exact) mass is 286 g/mol. The predicted molar refractivity (Wildman–Crippen MR) is 81.8 cm³/mol. The number of rotatable bonds is 3. The minimum atomic E-state index is -0.124. The van der Waals surface area contributed by atoms with Crippen LogP contribution in [0, 0.1) is 11.3 Å². The summed E-state index contributed by atoms with van der Waals surface area (Å²) in [6, 6.07) is 9.42. The van der Waals surface area contributed by atoms with Crippen LogP contribution >= 0.6 is 0 Å². The van der Waals surface area contributed by atoms with Gasteiger partial charge in [-0.05, 0) is 57.6 Å². The van der Waals surface area contributed by atoms with Gasteiger partial charge in [0.25, 0.3) is 0 Å². The van der Waals surface area contributed by atoms with Gasteiger partial charge >= 0.3 is 6.03 Å². The lowest BCUT2D eigenvalue weighted by Crippen LogP contribution is -2.47. The first-order chi connectivity index (χ1) is 10.1. The second-order valence-electron chi connectivity index (χ2n) is 5.65. The Kier molecular flexibility index (Phi) is 5.18. The zero-order valence-corrected chi connectivity index (χ0v) is 12.6. The minimum absolute atomic E-state index is 0.0796. The van der Waals surface area contributed by atoms with Crippen molar-refractivity contribution in [3.8, 4) is 6.07 Å². The molecule has 1 heterocycles. The Labute approximate surface area is 125 Å². The molecule has 0 bridgehead atoms. The third kappa shape index (κ3) is 4.47. The van der Waals surface area contributed by atoms with Gasteiger partial charge in [0.1, 0.15) is 0 Å². The first kappa shape index (κ1) is 15.3. The van der Waals surface area contributed by atoms with E-state index in [-0.39, 0.29) is 18.1 Å². The third-order valence-corrected chi connectivity index (χ3v) is 3.94. The summed E-state index contributed by atoms with van der Waals surface area (Å²) in [7, 11) is 2.10. The van der Waals surface area contributed by atoms with E-state index in [0.29, 0.717) is 5.56 Å². The largest absolute Gasteiger partial charge is 0.335 e. The molecule has 2 rings (SSSR count). The minimum Gasteiger partial charge on any atom is -0.335 e. The molecule has 0 spiro atoms. The van der Waals surface area contributed by atoms with E-state index in [1.807, 2.05) is 19.1 Å². The maximum absolute atomic E-state index is 12.0. The van der Waals surface area contributed by atoms with E-state index >= 15 is 0 Å². The van der Waals surface area contributed by atoms with Gasteiger partial charge in [0.15, 0.2) is 0 Å². The molecule has 1 aliphatic rings. The number of carbonyl (C=O) groups excluding carboxylic acids is 1. The number of hydrogen-bond donors (Lipinski definition) is 2. The highest BCUT2D eigenvalue weighted by atomic mass is 16.2. The Morgan fingerprint density at radius 2 is 1.95 bits per heavy atom. The van der Waals surface area contributed by atoms with E-state index in [1.54, 1.807) is 12.1 Å². The topological polar surface area (TPSA) is 68.2 Å². The van der Waals surface area contributed by atoms with Crippen molar-refractivity contribution in [1.29, 1.82) is 5.26 Å². The zero-order chi connectivity index (χ0) is 15.2. The van der Waals surface area contributed by atoms with Crippen molar-refractivity contribution in [2.75, 3.05) is 20.1 Å². The van der Waals surface area contributed by atoms with E-state index in [4.69, 9.17) is 5.26 Å². The molecule has 5 nitrogen and oxygen atoms in total. The molecule has 112 valence electrons. The number of hydrogen-bond acceptors (Lipinski definition) is 3. The summed E-state index contributed by atoms with van der Waals surface area (Å²) in [4.78, 5) is 14.3. The fourth-order valence-electron chi connectivity index (χ4n) is 2.51. The summed E-state index contributed by atoms with van der Waals surface area (Å²) >= 11 is 0. The zero-order valence-electron chi connectivity index (χ0n) is 12.6. The van der Waals surface area contributed by atoms with Gasteiger partial charge < -0.3 is 15.5 Å². The van der Waals surface area contributed by atoms with E-state index in [0.717, 1.165) is 31.5 Å². The van der Waals surface area contributed by atoms with Gasteiger partial charge in [-0.1, -0.05) is 12.1 Å². The Bertz CT molecular complexity index is 512. The van der Waals surface area contributed by atoms with Crippen molar-refractivity contribution in [3.63, 3.8) is 0 Å². The van der Waals surface area contributed by atoms with Gasteiger partial charge in [-0.2, -0.15) is 5.26 Å². The van der Waals surface area contributed by atoms with Crippen molar-refractivity contribution >= 4 is 6.03 Å². The molecule has 1 saturated heterocycles. The normalized spacial score (nSPS) is 17.8. The summed E-state index contributed by atoms with van der Waals surface area (Å²) in [6.45, 7) is 3.99. The first-order valence-electron chi connectivity index (χ1n) is 7.34. The number of benzene rings is 1. The Balaban J connectivity index is 1.82. The summed E-state index contributed by atoms with van der Waals surface area (Å²) in [5.41, 5.74) is 1.62. The molecule has 1 aromatic rings. The number of amides is 2. The van der Waals surface area contributed by atoms with Crippen molar-refractivity contribution < 1.29 is 4.79 Å². The van der Waals surface area contributed by atoms with Crippen LogP contribution < -0.4 is 10.6 Å². The van der Waals surface area contributed by atoms with Gasteiger partial charge in [-0.15, -0.1) is 0 Å². The highest BCUT2D eigenvalue weighted by molar-refractivity contribution is 5.74. The molecule has 5 heteroatoms. The van der Waals surface area contributed by atoms with Crippen LogP contribution in [0.1, 0.15) is 36.9 Å². The SMILES string of the molecule is CC(NC(=O)NC1CCN(C)CC1)c1ccc(C#N)cc1. The van der Waals surface area contributed by atoms with Gasteiger partial charge in [-0.25, -0.2) is 4.79 Å². The summed E-state index contributed by atoms with van der Waals surface area (Å²) in [6.07, 6.45) is 1.99. The predicted octanol–water partition coefficient (Wildman–Crippen LogP) is 2.01. The molecule has 0 saturated carbocycles. The summed E-state index contributed by atoms with van der Waals surface area (Å²) in [5, 5.41) is 14.8. The Hall–Kier alpha value is -2.06. The third-order valence-electron chi connectivity index (χ3n) is 3.94. The van der Waals surface area contributed by atoms with Crippen molar-refractivity contribution in [2.45, 2.75) is 31.8 Å². The quantitative estimate of drug-likeness (QED) is 0.893. The van der Waals surface area contributed by atoms with E-state index in [1.165, 1.54) is 0 Å². The lowest BCUT2D eigenvalue weighted by molar-refractivity contribution is 0.212. The lowest BCUT2D eigenvalue weighted by Gasteiger charge is -2.29. The average molecular weight is 286 g/mol. The van der Waals surface area contributed by atoms with E-state index < -0.39 is 0 Å². The molecule has 1 unspecified atom stereocenters. The van der Waals surface area contributed by atoms with Crippen molar-refractivity contribution in [3.05, 3.63) is 35.4 Å². The van der Waals surface area contributed by atoms with Gasteiger partial charge in [0, 0.05) is 6.04 Å². The van der Waals surface area contributed by atoms with Crippen LogP contribution in [0.25, 0.3) is 0 Å². The molecule has 1 aliphatic heterocycles. The maximum atomic E-state index is 12.0. The van der Waals surface area contributed by atoms with Crippen LogP contribution in [-0.4, -0.2) is 37.1 Å². The number of likely N-dealkylation sites (tertiary alicyclic amines) is 1. The fraction of sp³-hybridized carbons (Fsp3) is 0.500. The molecule has 1 atom stereocenters. The fourth-order valence-corrected chi connectivity index (χ4v) is 2.51. The van der Waals surface area contributed by atoms with Crippen LogP contribution in [0.2, 0.25) is 0 Å². The standard InChI is InChI=1S/C16H22N4O/c1-12(14-5-3-13(11-17)4-6-14)18-16(21)19-15-7-9-20(2)10-8-15/h3-6,12,15H,7-10H2,1-2H3,(H2,18,19,21). The molecule has 0 radical (unpaired) electrons. The second kappa shape index (κ2) is 7.09. The number of piperidine rings is 1. The molecular weight excluding hydrogens is 264 g/mol. The number of urea groups is 1. The second-order valence-corrected chi connectivity index (χ2v) is 5.65. The van der Waals surface area contributed by atoms with Gasteiger partial charge in [0.2, 0.25) is 0 Å². The van der Waals surface area contributed by atoms with Crippen LogP contribution in [-0.2, 0) is 0 Å². The number of nitriles is 1. The maximum Gasteiger partial charge on any atom is 0.315 e. The van der Waals surface area contributed by atoms with Gasteiger partial charge in [-0.3, -0.25) is 0 Å². The molecule has 1 aromatic carbocycles. The highest BCUT2D eigenvalue weighted by Gasteiger charge is 2.19. The molecule has 2 amide bonds. The smallest absolute Gasteiger partial charge is 0.315 e. The Morgan fingerprint density at radius 3 is 2.52 bits per heavy atom. The average Bonchev–Trinajstić information content (AvgIpc) is 2.49. The van der Waals surface area contributed by atoms with Crippen LogP contribution in [0.4, 0.5) is 4.79 Å². The Morgan fingerprint density at radius 1 is 1.33 bits per heavy atom. The number of nitrogens with one attached hydrogen (secondary N) is 2. The first-order valence-corrected chi connectivity index (χ1v) is 7.34. The molecule has 1 fully saturated rings. The van der Waals surface area contributed by atoms with Crippen LogP contribution in [0.5, 0.6) is 0 Å². The molecule has 0 aromatic heterocycles. The molecule has 0 aliphatic carbocycles. The number of carbonyl (C=O) groups is 1. The van der Waals surface area contributed by atoms with Crippen molar-refractivity contribution in [2.24, 2.45) is 0 Å². The molecular formula is C16H22N4O. The van der Waals surface area contributed by atoms with Crippen LogP contribution in [0.15, 0.2) is 24.3 Å². The summed E-state index contributed by atoms with van der Waals surface area (Å²) in [5.74, 6) is 0. The van der Waals surface area contributed by atoms with E-state index in [2.05, 4.69) is 28.7 Å². The lowest BCUT2D eigenvalue weighted by atomic mass is 10.1. The van der Waals surface area contributed by atoms with Gasteiger partial charge in [0.05, 0.1) is 17.7 Å². The van der Waals surface area contributed by atoms with Crippen LogP contribution in [0.3, 0.4) is 0 Å². The highest BCUT2D eigenvalue weighted by Crippen LogP contribution is 2.13. The number of nitrogens with zero attached hydrogens (tertiary/aromatic N) is 2. The molecule has 21 heavy (non-hydrogen) atoms. The van der Waals surface area contributed by atoms with E-state index in [9.17, 15) is 4.79 Å².